The van der Waals surface area contributed by atoms with Crippen molar-refractivity contribution in [2.24, 2.45) is 0 Å². The van der Waals surface area contributed by atoms with Crippen LogP contribution in [0.25, 0.3) is 22.4 Å². The summed E-state index contributed by atoms with van der Waals surface area (Å²) in [6.07, 6.45) is 1.98. The number of hydrogen-bond donors (Lipinski definition) is 0. The molecule has 3 aromatic carbocycles. The summed E-state index contributed by atoms with van der Waals surface area (Å²) in [6.45, 7) is 9.37. The third-order valence-electron chi connectivity index (χ3n) is 6.81. The molecule has 1 aromatic heterocycles. The molecule has 148 valence electrons. The van der Waals surface area contributed by atoms with E-state index < -0.39 is 0 Å². The van der Waals surface area contributed by atoms with Gasteiger partial charge >= 0.3 is 0 Å². The summed E-state index contributed by atoms with van der Waals surface area (Å²) in [5, 5.41) is 0. The van der Waals surface area contributed by atoms with Gasteiger partial charge in [-0.2, -0.15) is 0 Å². The molecular formula is C29H27N. The first-order valence-electron chi connectivity index (χ1n) is 10.7. The molecule has 0 fully saturated rings. The molecule has 1 aliphatic carbocycles. The zero-order valence-corrected chi connectivity index (χ0v) is 18.1. The Bertz CT molecular complexity index is 1210. The van der Waals surface area contributed by atoms with Crippen LogP contribution in [-0.4, -0.2) is 4.98 Å². The monoisotopic (exact) mass is 389 g/mol. The van der Waals surface area contributed by atoms with E-state index in [0.29, 0.717) is 0 Å². The van der Waals surface area contributed by atoms with E-state index in [2.05, 4.69) is 107 Å². The molecule has 1 heterocycles. The van der Waals surface area contributed by atoms with Crippen LogP contribution >= 0.6 is 0 Å². The van der Waals surface area contributed by atoms with Gasteiger partial charge in [0.15, 0.2) is 0 Å². The zero-order chi connectivity index (χ0) is 20.9. The van der Waals surface area contributed by atoms with Crippen LogP contribution in [0, 0.1) is 0 Å². The lowest BCUT2D eigenvalue weighted by atomic mass is 9.60. The Labute approximate surface area is 179 Å². The molecule has 0 bridgehead atoms. The number of pyridine rings is 1. The smallest absolute Gasteiger partial charge is 0.0702 e. The Morgan fingerprint density at radius 1 is 0.500 bits per heavy atom. The first-order valence-corrected chi connectivity index (χ1v) is 10.7. The minimum atomic E-state index is -0.0402. The average molecular weight is 390 g/mol. The predicted molar refractivity (Wildman–Crippen MR) is 126 cm³/mol. The van der Waals surface area contributed by atoms with Crippen molar-refractivity contribution in [1.29, 1.82) is 0 Å². The largest absolute Gasteiger partial charge is 0.256 e. The molecule has 4 aromatic rings. The van der Waals surface area contributed by atoms with Crippen molar-refractivity contribution in [2.45, 2.75) is 38.5 Å². The van der Waals surface area contributed by atoms with Crippen molar-refractivity contribution in [3.05, 3.63) is 113 Å². The maximum Gasteiger partial charge on any atom is 0.0702 e. The van der Waals surface area contributed by atoms with E-state index in [9.17, 15) is 0 Å². The topological polar surface area (TPSA) is 12.9 Å². The first-order chi connectivity index (χ1) is 14.4. The summed E-state index contributed by atoms with van der Waals surface area (Å²) in [5.74, 6) is 0. The highest BCUT2D eigenvalue weighted by Crippen LogP contribution is 2.50. The molecule has 1 aliphatic rings. The van der Waals surface area contributed by atoms with Crippen molar-refractivity contribution in [3.8, 4) is 22.4 Å². The van der Waals surface area contributed by atoms with Gasteiger partial charge in [0, 0.05) is 28.2 Å². The molecule has 5 rings (SSSR count). The van der Waals surface area contributed by atoms with E-state index >= 15 is 0 Å². The van der Waals surface area contributed by atoms with Gasteiger partial charge in [-0.05, 0) is 39.9 Å². The van der Waals surface area contributed by atoms with Crippen LogP contribution in [0.15, 0.2) is 91.1 Å². The second-order valence-electron chi connectivity index (χ2n) is 9.35. The fraction of sp³-hybridized carbons (Fsp3) is 0.207. The minimum Gasteiger partial charge on any atom is -0.256 e. The number of rotatable bonds is 2. The number of benzene rings is 3. The minimum absolute atomic E-state index is 0.00935. The number of fused-ring (bicyclic) bond motifs is 2. The van der Waals surface area contributed by atoms with Crippen LogP contribution in [0.3, 0.4) is 0 Å². The SMILES string of the molecule is CC1(C)c2ccccc2C(C)(C)c2cc(-c3ccc(-c4ccccc4)cn3)ccc21. The highest BCUT2D eigenvalue weighted by Gasteiger charge is 2.41. The van der Waals surface area contributed by atoms with Crippen LogP contribution in [0.4, 0.5) is 0 Å². The Morgan fingerprint density at radius 3 is 1.70 bits per heavy atom. The van der Waals surface area contributed by atoms with Gasteiger partial charge in [-0.3, -0.25) is 4.98 Å². The zero-order valence-electron chi connectivity index (χ0n) is 18.1. The van der Waals surface area contributed by atoms with Gasteiger partial charge in [-0.15, -0.1) is 0 Å². The van der Waals surface area contributed by atoms with Crippen molar-refractivity contribution < 1.29 is 0 Å². The molecular weight excluding hydrogens is 362 g/mol. The molecule has 0 saturated carbocycles. The number of nitrogens with zero attached hydrogens (tertiary/aromatic N) is 1. The van der Waals surface area contributed by atoms with Gasteiger partial charge in [-0.25, -0.2) is 0 Å². The van der Waals surface area contributed by atoms with Crippen LogP contribution in [0.5, 0.6) is 0 Å². The van der Waals surface area contributed by atoms with Gasteiger partial charge in [-0.1, -0.05) is 100 Å². The predicted octanol–water partition coefficient (Wildman–Crippen LogP) is 7.38. The summed E-state index contributed by atoms with van der Waals surface area (Å²) in [5.41, 5.74) is 10.2. The normalized spacial score (nSPS) is 15.9. The third kappa shape index (κ3) is 2.81. The Balaban J connectivity index is 1.60. The third-order valence-corrected chi connectivity index (χ3v) is 6.81. The van der Waals surface area contributed by atoms with Crippen molar-refractivity contribution >= 4 is 0 Å². The molecule has 0 atom stereocenters. The Morgan fingerprint density at radius 2 is 1.07 bits per heavy atom. The highest BCUT2D eigenvalue weighted by molar-refractivity contribution is 5.69. The van der Waals surface area contributed by atoms with Crippen LogP contribution in [0.1, 0.15) is 49.9 Å². The second-order valence-corrected chi connectivity index (χ2v) is 9.35. The van der Waals surface area contributed by atoms with E-state index in [0.717, 1.165) is 11.3 Å². The standard InChI is InChI=1S/C29H27N/c1-28(2)23-12-8-9-13-24(23)29(3,4)26-18-21(14-16-25(26)28)27-17-15-22(19-30-27)20-10-6-5-7-11-20/h5-19H,1-4H3. The van der Waals surface area contributed by atoms with E-state index in [4.69, 9.17) is 4.98 Å². The molecule has 0 unspecified atom stereocenters. The molecule has 1 nitrogen and oxygen atoms in total. The molecule has 0 radical (unpaired) electrons. The Kier molecular flexibility index (Phi) is 4.18. The fourth-order valence-corrected chi connectivity index (χ4v) is 4.99. The lowest BCUT2D eigenvalue weighted by molar-refractivity contribution is 0.521. The lowest BCUT2D eigenvalue weighted by Crippen LogP contribution is -2.36. The molecule has 1 heteroatoms. The summed E-state index contributed by atoms with van der Waals surface area (Å²) in [7, 11) is 0. The maximum atomic E-state index is 4.80. The van der Waals surface area contributed by atoms with Gasteiger partial charge in [0.25, 0.3) is 0 Å². The lowest BCUT2D eigenvalue weighted by Gasteiger charge is -2.44. The second kappa shape index (κ2) is 6.67. The number of hydrogen-bond acceptors (Lipinski definition) is 1. The molecule has 0 spiro atoms. The van der Waals surface area contributed by atoms with E-state index in [1.165, 1.54) is 33.4 Å². The molecule has 0 N–H and O–H groups in total. The van der Waals surface area contributed by atoms with Crippen molar-refractivity contribution in [3.63, 3.8) is 0 Å². The highest BCUT2D eigenvalue weighted by atomic mass is 14.7. The summed E-state index contributed by atoms with van der Waals surface area (Å²) in [6, 6.07) is 30.5. The van der Waals surface area contributed by atoms with Gasteiger partial charge < -0.3 is 0 Å². The fourth-order valence-electron chi connectivity index (χ4n) is 4.99. The molecule has 30 heavy (non-hydrogen) atoms. The molecule has 0 amide bonds. The molecule has 0 saturated heterocycles. The van der Waals surface area contributed by atoms with E-state index in [1.54, 1.807) is 0 Å². The van der Waals surface area contributed by atoms with E-state index in [-0.39, 0.29) is 10.8 Å². The number of aromatic nitrogens is 1. The molecule has 0 aliphatic heterocycles. The Hall–Kier alpha value is -3.19. The van der Waals surface area contributed by atoms with Crippen molar-refractivity contribution in [1.82, 2.24) is 4.98 Å². The maximum absolute atomic E-state index is 4.80. The summed E-state index contributed by atoms with van der Waals surface area (Å²) >= 11 is 0. The quantitative estimate of drug-likeness (QED) is 0.348. The van der Waals surface area contributed by atoms with Crippen LogP contribution in [0.2, 0.25) is 0 Å². The van der Waals surface area contributed by atoms with Crippen molar-refractivity contribution in [2.75, 3.05) is 0 Å². The first kappa shape index (κ1) is 18.8. The van der Waals surface area contributed by atoms with E-state index in [1.807, 2.05) is 12.3 Å². The summed E-state index contributed by atoms with van der Waals surface area (Å²) < 4.78 is 0. The summed E-state index contributed by atoms with van der Waals surface area (Å²) in [4.78, 5) is 4.80. The van der Waals surface area contributed by atoms with Gasteiger partial charge in [0.2, 0.25) is 0 Å². The average Bonchev–Trinajstić information content (AvgIpc) is 2.79. The van der Waals surface area contributed by atoms with Gasteiger partial charge in [0.1, 0.15) is 0 Å². The van der Waals surface area contributed by atoms with Crippen LogP contribution in [-0.2, 0) is 10.8 Å². The van der Waals surface area contributed by atoms with Crippen LogP contribution < -0.4 is 0 Å². The van der Waals surface area contributed by atoms with Gasteiger partial charge in [0.05, 0.1) is 5.69 Å².